The van der Waals surface area contributed by atoms with Gasteiger partial charge in [0.2, 0.25) is 0 Å². The van der Waals surface area contributed by atoms with Gasteiger partial charge in [0.05, 0.1) is 0 Å². The zero-order valence-corrected chi connectivity index (χ0v) is 10.8. The molecular formula is C13H13BrN2O. The number of carbonyl (C=O) groups is 1. The minimum absolute atomic E-state index is 0.0400. The number of carbonyl (C=O) groups excluding carboxylic acids is 1. The molecule has 0 aliphatic carbocycles. The molecule has 17 heavy (non-hydrogen) atoms. The molecule has 0 unspecified atom stereocenters. The van der Waals surface area contributed by atoms with Gasteiger partial charge >= 0.3 is 0 Å². The molecule has 0 saturated heterocycles. The molecule has 3 nitrogen and oxygen atoms in total. The van der Waals surface area contributed by atoms with E-state index in [0.717, 1.165) is 10.9 Å². The van der Waals surface area contributed by atoms with Crippen LogP contribution in [-0.4, -0.2) is 17.4 Å². The third-order valence-corrected chi connectivity index (χ3v) is 2.94. The topological polar surface area (TPSA) is 44.9 Å². The number of hydrogen-bond acceptors (Lipinski definition) is 1. The lowest BCUT2D eigenvalue weighted by atomic mass is 10.2. The predicted octanol–water partition coefficient (Wildman–Crippen LogP) is 2.75. The molecule has 0 fully saturated rings. The van der Waals surface area contributed by atoms with Crippen LogP contribution in [0.25, 0.3) is 0 Å². The number of nitrogens with one attached hydrogen (secondary N) is 2. The smallest absolute Gasteiger partial charge is 0.251 e. The lowest BCUT2D eigenvalue weighted by Crippen LogP contribution is -2.25. The van der Waals surface area contributed by atoms with E-state index in [9.17, 15) is 4.79 Å². The summed E-state index contributed by atoms with van der Waals surface area (Å²) in [4.78, 5) is 14.8. The first-order valence-electron chi connectivity index (χ1n) is 5.41. The Balaban J connectivity index is 1.85. The Morgan fingerprint density at radius 1 is 1.35 bits per heavy atom. The van der Waals surface area contributed by atoms with Gasteiger partial charge in [-0.2, -0.15) is 0 Å². The maximum atomic E-state index is 11.8. The number of amides is 1. The summed E-state index contributed by atoms with van der Waals surface area (Å²) in [6.45, 7) is 0.642. The fourth-order valence-corrected chi connectivity index (χ4v) is 1.97. The molecule has 2 rings (SSSR count). The van der Waals surface area contributed by atoms with Crippen molar-refractivity contribution in [3.63, 3.8) is 0 Å². The van der Waals surface area contributed by atoms with Crippen LogP contribution in [0.4, 0.5) is 0 Å². The standard InChI is InChI=1S/C13H13BrN2O/c14-12-3-1-2-11(8-12)13(17)16-7-5-10-4-6-15-9-10/h1-4,6,8-9,15H,5,7H2,(H,16,17). The molecule has 1 amide bonds. The molecule has 88 valence electrons. The quantitative estimate of drug-likeness (QED) is 0.894. The van der Waals surface area contributed by atoms with Crippen molar-refractivity contribution in [2.75, 3.05) is 6.54 Å². The first kappa shape index (κ1) is 11.9. The highest BCUT2D eigenvalue weighted by atomic mass is 79.9. The summed E-state index contributed by atoms with van der Waals surface area (Å²) in [7, 11) is 0. The van der Waals surface area contributed by atoms with Gasteiger partial charge in [-0.25, -0.2) is 0 Å². The van der Waals surface area contributed by atoms with Gasteiger partial charge in [0.25, 0.3) is 5.91 Å². The highest BCUT2D eigenvalue weighted by Gasteiger charge is 2.04. The molecule has 0 radical (unpaired) electrons. The molecule has 2 aromatic rings. The number of rotatable bonds is 4. The highest BCUT2D eigenvalue weighted by molar-refractivity contribution is 9.10. The first-order valence-corrected chi connectivity index (χ1v) is 6.20. The second-order valence-electron chi connectivity index (χ2n) is 3.74. The fourth-order valence-electron chi connectivity index (χ4n) is 1.57. The van der Waals surface area contributed by atoms with Crippen molar-refractivity contribution >= 4 is 21.8 Å². The fraction of sp³-hybridized carbons (Fsp3) is 0.154. The van der Waals surface area contributed by atoms with Crippen molar-refractivity contribution in [3.05, 3.63) is 58.3 Å². The van der Waals surface area contributed by atoms with Crippen LogP contribution in [0.15, 0.2) is 47.2 Å². The van der Waals surface area contributed by atoms with Crippen LogP contribution in [-0.2, 0) is 6.42 Å². The number of aromatic nitrogens is 1. The van der Waals surface area contributed by atoms with E-state index in [1.54, 1.807) is 6.07 Å². The summed E-state index contributed by atoms with van der Waals surface area (Å²) in [5.41, 5.74) is 1.87. The van der Waals surface area contributed by atoms with Gasteiger partial charge in [0.15, 0.2) is 0 Å². The van der Waals surface area contributed by atoms with E-state index in [4.69, 9.17) is 0 Å². The van der Waals surface area contributed by atoms with Crippen molar-refractivity contribution in [2.24, 2.45) is 0 Å². The molecule has 1 heterocycles. The zero-order chi connectivity index (χ0) is 12.1. The van der Waals surface area contributed by atoms with E-state index >= 15 is 0 Å². The molecule has 2 N–H and O–H groups in total. The zero-order valence-electron chi connectivity index (χ0n) is 9.24. The molecule has 1 aromatic heterocycles. The SMILES string of the molecule is O=C(NCCc1cc[nH]c1)c1cccc(Br)c1. The third kappa shape index (κ3) is 3.46. The second-order valence-corrected chi connectivity index (χ2v) is 4.65. The van der Waals surface area contributed by atoms with Crippen molar-refractivity contribution < 1.29 is 4.79 Å². The Kier molecular flexibility index (Phi) is 3.98. The van der Waals surface area contributed by atoms with Crippen molar-refractivity contribution in [3.8, 4) is 0 Å². The lowest BCUT2D eigenvalue weighted by Gasteiger charge is -2.04. The lowest BCUT2D eigenvalue weighted by molar-refractivity contribution is 0.0954. The molecule has 1 aromatic carbocycles. The Bertz CT molecular complexity index is 494. The Morgan fingerprint density at radius 2 is 2.24 bits per heavy atom. The van der Waals surface area contributed by atoms with Crippen molar-refractivity contribution in [2.45, 2.75) is 6.42 Å². The number of hydrogen-bond donors (Lipinski definition) is 2. The molecule has 0 bridgehead atoms. The largest absolute Gasteiger partial charge is 0.367 e. The summed E-state index contributed by atoms with van der Waals surface area (Å²) >= 11 is 3.35. The Labute approximate surface area is 108 Å². The molecule has 4 heteroatoms. The van der Waals surface area contributed by atoms with Gasteiger partial charge < -0.3 is 10.3 Å². The average Bonchev–Trinajstić information content (AvgIpc) is 2.82. The van der Waals surface area contributed by atoms with Crippen molar-refractivity contribution in [1.29, 1.82) is 0 Å². The molecule has 0 spiro atoms. The van der Waals surface area contributed by atoms with Crippen LogP contribution in [0.5, 0.6) is 0 Å². The van der Waals surface area contributed by atoms with Gasteiger partial charge in [-0.05, 0) is 36.2 Å². The van der Waals surface area contributed by atoms with E-state index in [2.05, 4.69) is 26.2 Å². The first-order chi connectivity index (χ1) is 8.25. The average molecular weight is 293 g/mol. The van der Waals surface area contributed by atoms with Gasteiger partial charge in [-0.15, -0.1) is 0 Å². The summed E-state index contributed by atoms with van der Waals surface area (Å²) in [5, 5.41) is 2.89. The Hall–Kier alpha value is -1.55. The van der Waals surface area contributed by atoms with Crippen molar-refractivity contribution in [1.82, 2.24) is 10.3 Å². The summed E-state index contributed by atoms with van der Waals surface area (Å²) in [5.74, 6) is -0.0400. The predicted molar refractivity (Wildman–Crippen MR) is 71.0 cm³/mol. The maximum Gasteiger partial charge on any atom is 0.251 e. The van der Waals surface area contributed by atoms with E-state index in [0.29, 0.717) is 12.1 Å². The monoisotopic (exact) mass is 292 g/mol. The summed E-state index contributed by atoms with van der Waals surface area (Å²) < 4.78 is 0.913. The number of halogens is 1. The summed E-state index contributed by atoms with van der Waals surface area (Å²) in [6, 6.07) is 9.37. The van der Waals surface area contributed by atoms with Crippen LogP contribution in [0, 0.1) is 0 Å². The Morgan fingerprint density at radius 3 is 2.94 bits per heavy atom. The molecule has 0 aliphatic heterocycles. The van der Waals surface area contributed by atoms with Crippen LogP contribution < -0.4 is 5.32 Å². The second kappa shape index (κ2) is 5.68. The van der Waals surface area contributed by atoms with E-state index in [1.165, 1.54) is 5.56 Å². The molecular weight excluding hydrogens is 280 g/mol. The van der Waals surface area contributed by atoms with E-state index in [-0.39, 0.29) is 5.91 Å². The van der Waals surface area contributed by atoms with Gasteiger partial charge in [-0.1, -0.05) is 22.0 Å². The van der Waals surface area contributed by atoms with E-state index < -0.39 is 0 Å². The van der Waals surface area contributed by atoms with Gasteiger partial charge in [-0.3, -0.25) is 4.79 Å². The van der Waals surface area contributed by atoms with E-state index in [1.807, 2.05) is 36.7 Å². The molecule has 0 atom stereocenters. The summed E-state index contributed by atoms with van der Waals surface area (Å²) in [6.07, 6.45) is 4.65. The van der Waals surface area contributed by atoms with Crippen LogP contribution >= 0.6 is 15.9 Å². The number of H-pyrrole nitrogens is 1. The molecule has 0 saturated carbocycles. The molecule has 0 aliphatic rings. The normalized spacial score (nSPS) is 10.2. The third-order valence-electron chi connectivity index (χ3n) is 2.45. The van der Waals surface area contributed by atoms with Crippen LogP contribution in [0.1, 0.15) is 15.9 Å². The van der Waals surface area contributed by atoms with Gasteiger partial charge in [0, 0.05) is 29.0 Å². The van der Waals surface area contributed by atoms with Crippen LogP contribution in [0.3, 0.4) is 0 Å². The minimum atomic E-state index is -0.0400. The number of aromatic amines is 1. The van der Waals surface area contributed by atoms with Gasteiger partial charge in [0.1, 0.15) is 0 Å². The minimum Gasteiger partial charge on any atom is -0.367 e. The highest BCUT2D eigenvalue weighted by Crippen LogP contribution is 2.11. The van der Waals surface area contributed by atoms with Crippen LogP contribution in [0.2, 0.25) is 0 Å². The maximum absolute atomic E-state index is 11.8. The number of benzene rings is 1.